The summed E-state index contributed by atoms with van der Waals surface area (Å²) in [6.45, 7) is 1.33. The largest absolute Gasteiger partial charge is 0.449 e. The number of esters is 1. The van der Waals surface area contributed by atoms with Gasteiger partial charge in [-0.25, -0.2) is 4.79 Å². The van der Waals surface area contributed by atoms with E-state index in [1.807, 2.05) is 0 Å². The number of amides is 1. The highest BCUT2D eigenvalue weighted by atomic mass is 35.5. The lowest BCUT2D eigenvalue weighted by Gasteiger charge is -2.15. The summed E-state index contributed by atoms with van der Waals surface area (Å²) in [5.74, 6) is -1.20. The van der Waals surface area contributed by atoms with Crippen LogP contribution in [0.1, 0.15) is 22.8 Å². The number of anilines is 1. The number of hydrogen-bond donors (Lipinski definition) is 2. The van der Waals surface area contributed by atoms with E-state index in [1.54, 1.807) is 30.3 Å². The van der Waals surface area contributed by atoms with Gasteiger partial charge in [-0.1, -0.05) is 41.4 Å². The third-order valence-electron chi connectivity index (χ3n) is 3.24. The molecule has 0 aliphatic carbocycles. The minimum atomic E-state index is -1.04. The molecule has 24 heavy (non-hydrogen) atoms. The van der Waals surface area contributed by atoms with Crippen molar-refractivity contribution >= 4 is 40.8 Å². The maximum absolute atomic E-state index is 12.1. The van der Waals surface area contributed by atoms with Gasteiger partial charge >= 0.3 is 5.97 Å². The van der Waals surface area contributed by atoms with Gasteiger partial charge in [0.25, 0.3) is 5.91 Å². The van der Waals surface area contributed by atoms with E-state index in [0.717, 1.165) is 0 Å². The minimum absolute atomic E-state index is 0.118. The lowest BCUT2D eigenvalue weighted by molar-refractivity contribution is -0.123. The molecular formula is C17H15Cl2NO4. The van der Waals surface area contributed by atoms with Gasteiger partial charge in [-0.3, -0.25) is 4.79 Å². The first-order chi connectivity index (χ1) is 11.4. The summed E-state index contributed by atoms with van der Waals surface area (Å²) in [6.07, 6.45) is -1.04. The zero-order chi connectivity index (χ0) is 17.7. The minimum Gasteiger partial charge on any atom is -0.449 e. The average molecular weight is 368 g/mol. The Hall–Kier alpha value is -2.08. The van der Waals surface area contributed by atoms with Crippen molar-refractivity contribution in [2.75, 3.05) is 5.32 Å². The second-order valence-corrected chi connectivity index (χ2v) is 5.80. The SMILES string of the molecule is C[C@H](OC(=O)c1ccc(CO)cc1)C(=O)Nc1c(Cl)cccc1Cl. The van der Waals surface area contributed by atoms with Gasteiger partial charge in [0.05, 0.1) is 27.9 Å². The molecule has 0 fully saturated rings. The first-order valence-electron chi connectivity index (χ1n) is 7.08. The highest BCUT2D eigenvalue weighted by molar-refractivity contribution is 6.39. The van der Waals surface area contributed by atoms with Crippen molar-refractivity contribution in [2.24, 2.45) is 0 Å². The average Bonchev–Trinajstić information content (AvgIpc) is 2.58. The second kappa shape index (κ2) is 8.15. The summed E-state index contributed by atoms with van der Waals surface area (Å²) in [7, 11) is 0. The van der Waals surface area contributed by atoms with Gasteiger partial charge in [-0.15, -0.1) is 0 Å². The molecule has 0 aliphatic rings. The number of rotatable bonds is 5. The molecule has 1 atom stereocenters. The molecule has 0 heterocycles. The van der Waals surface area contributed by atoms with Crippen LogP contribution in [-0.4, -0.2) is 23.1 Å². The molecule has 0 spiro atoms. The molecule has 2 aromatic carbocycles. The lowest BCUT2D eigenvalue weighted by atomic mass is 10.1. The van der Waals surface area contributed by atoms with Crippen LogP contribution in [-0.2, 0) is 16.1 Å². The van der Waals surface area contributed by atoms with Crippen LogP contribution in [0.15, 0.2) is 42.5 Å². The molecule has 0 aliphatic heterocycles. The normalized spacial score (nSPS) is 11.7. The molecule has 0 saturated heterocycles. The Balaban J connectivity index is 2.01. The van der Waals surface area contributed by atoms with Gasteiger partial charge in [-0.05, 0) is 36.8 Å². The van der Waals surface area contributed by atoms with Crippen molar-refractivity contribution in [3.63, 3.8) is 0 Å². The third kappa shape index (κ3) is 4.47. The summed E-state index contributed by atoms with van der Waals surface area (Å²) < 4.78 is 5.12. The zero-order valence-corrected chi connectivity index (χ0v) is 14.3. The summed E-state index contributed by atoms with van der Waals surface area (Å²) in [6, 6.07) is 11.1. The number of carbonyl (C=O) groups is 2. The van der Waals surface area contributed by atoms with E-state index >= 15 is 0 Å². The number of halogens is 2. The van der Waals surface area contributed by atoms with Crippen molar-refractivity contribution in [1.82, 2.24) is 0 Å². The van der Waals surface area contributed by atoms with Gasteiger partial charge in [0.1, 0.15) is 0 Å². The fourth-order valence-electron chi connectivity index (χ4n) is 1.87. The number of benzene rings is 2. The monoisotopic (exact) mass is 367 g/mol. The van der Waals surface area contributed by atoms with Crippen LogP contribution in [0.4, 0.5) is 5.69 Å². The van der Waals surface area contributed by atoms with Crippen LogP contribution in [0.25, 0.3) is 0 Å². The number of ether oxygens (including phenoxy) is 1. The number of para-hydroxylation sites is 1. The molecule has 2 N–H and O–H groups in total. The molecular weight excluding hydrogens is 353 g/mol. The smallest absolute Gasteiger partial charge is 0.338 e. The molecule has 0 saturated carbocycles. The molecule has 0 unspecified atom stereocenters. The number of nitrogens with one attached hydrogen (secondary N) is 1. The van der Waals surface area contributed by atoms with E-state index in [2.05, 4.69) is 5.32 Å². The van der Waals surface area contributed by atoms with Gasteiger partial charge in [0.2, 0.25) is 0 Å². The van der Waals surface area contributed by atoms with Crippen LogP contribution < -0.4 is 5.32 Å². The number of aliphatic hydroxyl groups excluding tert-OH is 1. The number of aliphatic hydroxyl groups is 1. The zero-order valence-electron chi connectivity index (χ0n) is 12.8. The summed E-state index contributed by atoms with van der Waals surface area (Å²) >= 11 is 12.0. The van der Waals surface area contributed by atoms with E-state index in [4.69, 9.17) is 33.0 Å². The Labute approximate surface area is 149 Å². The van der Waals surface area contributed by atoms with E-state index in [9.17, 15) is 9.59 Å². The molecule has 5 nitrogen and oxygen atoms in total. The maximum atomic E-state index is 12.1. The van der Waals surface area contributed by atoms with Gasteiger partial charge in [0, 0.05) is 0 Å². The highest BCUT2D eigenvalue weighted by Crippen LogP contribution is 2.29. The summed E-state index contributed by atoms with van der Waals surface area (Å²) in [5.41, 5.74) is 1.22. The summed E-state index contributed by atoms with van der Waals surface area (Å²) in [5, 5.41) is 12.1. The maximum Gasteiger partial charge on any atom is 0.338 e. The molecule has 126 valence electrons. The van der Waals surface area contributed by atoms with E-state index in [1.165, 1.54) is 19.1 Å². The van der Waals surface area contributed by atoms with E-state index < -0.39 is 18.0 Å². The number of carbonyl (C=O) groups excluding carboxylic acids is 2. The van der Waals surface area contributed by atoms with Crippen LogP contribution in [0.2, 0.25) is 10.0 Å². The Morgan fingerprint density at radius 1 is 1.12 bits per heavy atom. The van der Waals surface area contributed by atoms with Crippen molar-refractivity contribution < 1.29 is 19.4 Å². The standard InChI is InChI=1S/C17H15Cl2NO4/c1-10(16(22)20-15-13(18)3-2-4-14(15)19)24-17(23)12-7-5-11(9-21)6-8-12/h2-8,10,21H,9H2,1H3,(H,20,22)/t10-/m0/s1. The Morgan fingerprint density at radius 3 is 2.25 bits per heavy atom. The van der Waals surface area contributed by atoms with Gasteiger partial charge in [0.15, 0.2) is 6.10 Å². The molecule has 0 radical (unpaired) electrons. The molecule has 2 aromatic rings. The fraction of sp³-hybridized carbons (Fsp3) is 0.176. The highest BCUT2D eigenvalue weighted by Gasteiger charge is 2.20. The number of hydrogen-bond acceptors (Lipinski definition) is 4. The van der Waals surface area contributed by atoms with Crippen molar-refractivity contribution in [3.8, 4) is 0 Å². The Morgan fingerprint density at radius 2 is 1.71 bits per heavy atom. The Bertz CT molecular complexity index is 727. The van der Waals surface area contributed by atoms with Crippen molar-refractivity contribution in [2.45, 2.75) is 19.6 Å². The molecule has 0 bridgehead atoms. The van der Waals surface area contributed by atoms with Crippen molar-refractivity contribution in [1.29, 1.82) is 0 Å². The van der Waals surface area contributed by atoms with Gasteiger partial charge < -0.3 is 15.2 Å². The molecule has 7 heteroatoms. The quantitative estimate of drug-likeness (QED) is 0.790. The Kier molecular flexibility index (Phi) is 6.20. The van der Waals surface area contributed by atoms with Crippen LogP contribution in [0.3, 0.4) is 0 Å². The van der Waals surface area contributed by atoms with E-state index in [0.29, 0.717) is 5.56 Å². The second-order valence-electron chi connectivity index (χ2n) is 4.99. The fourth-order valence-corrected chi connectivity index (χ4v) is 2.36. The van der Waals surface area contributed by atoms with Crippen molar-refractivity contribution in [3.05, 3.63) is 63.6 Å². The molecule has 1 amide bonds. The lowest BCUT2D eigenvalue weighted by Crippen LogP contribution is -2.30. The third-order valence-corrected chi connectivity index (χ3v) is 3.87. The first kappa shape index (κ1) is 18.3. The summed E-state index contributed by atoms with van der Waals surface area (Å²) in [4.78, 5) is 24.2. The predicted molar refractivity (Wildman–Crippen MR) is 92.3 cm³/mol. The molecule has 0 aromatic heterocycles. The van der Waals surface area contributed by atoms with E-state index in [-0.39, 0.29) is 27.9 Å². The van der Waals surface area contributed by atoms with Crippen LogP contribution in [0.5, 0.6) is 0 Å². The first-order valence-corrected chi connectivity index (χ1v) is 7.83. The topological polar surface area (TPSA) is 75.6 Å². The van der Waals surface area contributed by atoms with Crippen LogP contribution >= 0.6 is 23.2 Å². The van der Waals surface area contributed by atoms with Crippen LogP contribution in [0, 0.1) is 0 Å². The predicted octanol–water partition coefficient (Wildman–Crippen LogP) is 3.67. The molecule has 2 rings (SSSR count). The van der Waals surface area contributed by atoms with Gasteiger partial charge in [-0.2, -0.15) is 0 Å².